The molecule has 0 unspecified atom stereocenters. The monoisotopic (exact) mass is 194 g/mol. The molecular formula is C12H18O2. The molecule has 0 fully saturated rings. The minimum absolute atomic E-state index is 0.190. The van der Waals surface area contributed by atoms with E-state index >= 15 is 0 Å². The van der Waals surface area contributed by atoms with Crippen molar-refractivity contribution in [3.8, 4) is 0 Å². The Morgan fingerprint density at radius 1 is 1.00 bits per heavy atom. The Balaban J connectivity index is 2.46. The van der Waals surface area contributed by atoms with E-state index in [2.05, 4.69) is 0 Å². The van der Waals surface area contributed by atoms with Gasteiger partial charge in [-0.05, 0) is 18.4 Å². The van der Waals surface area contributed by atoms with Crippen LogP contribution in [0.5, 0.6) is 0 Å². The fraction of sp³-hybridized carbons (Fsp3) is 0.500. The van der Waals surface area contributed by atoms with E-state index in [4.69, 9.17) is 5.11 Å². The van der Waals surface area contributed by atoms with Gasteiger partial charge in [0.15, 0.2) is 0 Å². The van der Waals surface area contributed by atoms with Gasteiger partial charge < -0.3 is 10.2 Å². The highest BCUT2D eigenvalue weighted by atomic mass is 16.3. The molecule has 2 N–H and O–H groups in total. The van der Waals surface area contributed by atoms with Gasteiger partial charge in [0.1, 0.15) is 0 Å². The van der Waals surface area contributed by atoms with Crippen LogP contribution >= 0.6 is 0 Å². The smallest absolute Gasteiger partial charge is 0.0499 e. The Morgan fingerprint density at radius 3 is 2.29 bits per heavy atom. The molecule has 0 aliphatic rings. The Hall–Kier alpha value is -0.860. The van der Waals surface area contributed by atoms with Gasteiger partial charge in [0.25, 0.3) is 0 Å². The topological polar surface area (TPSA) is 40.5 Å². The van der Waals surface area contributed by atoms with Crippen LogP contribution in [0.2, 0.25) is 0 Å². The van der Waals surface area contributed by atoms with Crippen molar-refractivity contribution >= 4 is 0 Å². The van der Waals surface area contributed by atoms with Crippen LogP contribution in [-0.4, -0.2) is 23.4 Å². The summed E-state index contributed by atoms with van der Waals surface area (Å²) in [6, 6.07) is 10.0. The maximum absolute atomic E-state index is 9.22. The van der Waals surface area contributed by atoms with E-state index < -0.39 is 0 Å². The van der Waals surface area contributed by atoms with Crippen molar-refractivity contribution in [3.63, 3.8) is 0 Å². The first-order valence-corrected chi connectivity index (χ1v) is 5.15. The average Bonchev–Trinajstić information content (AvgIpc) is 2.26. The molecule has 1 aromatic rings. The molecule has 0 saturated carbocycles. The summed E-state index contributed by atoms with van der Waals surface area (Å²) in [5, 5.41) is 17.9. The van der Waals surface area contributed by atoms with Crippen LogP contribution in [0.25, 0.3) is 0 Å². The minimum Gasteiger partial charge on any atom is -0.396 e. The Morgan fingerprint density at radius 2 is 1.71 bits per heavy atom. The van der Waals surface area contributed by atoms with E-state index in [0.717, 1.165) is 19.3 Å². The summed E-state index contributed by atoms with van der Waals surface area (Å²) in [6.07, 6.45) is 2.74. The van der Waals surface area contributed by atoms with Crippen molar-refractivity contribution in [2.45, 2.75) is 25.2 Å². The molecule has 0 saturated heterocycles. The van der Waals surface area contributed by atoms with E-state index in [1.54, 1.807) is 0 Å². The van der Waals surface area contributed by atoms with Crippen LogP contribution in [0.1, 0.15) is 30.7 Å². The minimum atomic E-state index is 0.190. The van der Waals surface area contributed by atoms with Crippen molar-refractivity contribution in [2.75, 3.05) is 13.2 Å². The summed E-state index contributed by atoms with van der Waals surface area (Å²) in [4.78, 5) is 0. The fourth-order valence-corrected chi connectivity index (χ4v) is 1.59. The maximum atomic E-state index is 9.22. The van der Waals surface area contributed by atoms with Gasteiger partial charge in [-0.3, -0.25) is 0 Å². The van der Waals surface area contributed by atoms with Gasteiger partial charge in [-0.15, -0.1) is 0 Å². The molecule has 0 bridgehead atoms. The van der Waals surface area contributed by atoms with Crippen molar-refractivity contribution in [1.29, 1.82) is 0 Å². The lowest BCUT2D eigenvalue weighted by molar-refractivity contribution is 0.246. The molecule has 0 spiro atoms. The Bertz CT molecular complexity index is 233. The van der Waals surface area contributed by atoms with Crippen LogP contribution in [0.3, 0.4) is 0 Å². The van der Waals surface area contributed by atoms with Gasteiger partial charge in [-0.2, -0.15) is 0 Å². The maximum Gasteiger partial charge on any atom is 0.0499 e. The summed E-state index contributed by atoms with van der Waals surface area (Å²) in [6.45, 7) is 0.433. The summed E-state index contributed by atoms with van der Waals surface area (Å²) >= 11 is 0. The standard InChI is InChI=1S/C12H18O2/c13-9-5-4-8-12(10-14)11-6-2-1-3-7-11/h1-3,6-7,12-14H,4-5,8-10H2/t12-/m0/s1. The van der Waals surface area contributed by atoms with Crippen LogP contribution in [0, 0.1) is 0 Å². The van der Waals surface area contributed by atoms with Crippen molar-refractivity contribution in [2.24, 2.45) is 0 Å². The zero-order chi connectivity index (χ0) is 10.2. The highest BCUT2D eigenvalue weighted by Crippen LogP contribution is 2.20. The normalized spacial score (nSPS) is 12.7. The molecule has 0 radical (unpaired) electrons. The van der Waals surface area contributed by atoms with Gasteiger partial charge in [-0.1, -0.05) is 36.8 Å². The molecule has 0 aliphatic heterocycles. The molecule has 2 heteroatoms. The van der Waals surface area contributed by atoms with Crippen molar-refractivity contribution < 1.29 is 10.2 Å². The van der Waals surface area contributed by atoms with E-state index in [9.17, 15) is 5.11 Å². The Labute approximate surface area is 85.2 Å². The van der Waals surface area contributed by atoms with Gasteiger partial charge in [-0.25, -0.2) is 0 Å². The van der Waals surface area contributed by atoms with Gasteiger partial charge >= 0.3 is 0 Å². The molecule has 0 aromatic heterocycles. The molecular weight excluding hydrogens is 176 g/mol. The highest BCUT2D eigenvalue weighted by molar-refractivity contribution is 5.19. The van der Waals surface area contributed by atoms with Crippen LogP contribution in [0.4, 0.5) is 0 Å². The van der Waals surface area contributed by atoms with Crippen molar-refractivity contribution in [3.05, 3.63) is 35.9 Å². The molecule has 1 aromatic carbocycles. The number of unbranched alkanes of at least 4 members (excludes halogenated alkanes) is 1. The first-order valence-electron chi connectivity index (χ1n) is 5.15. The van der Waals surface area contributed by atoms with E-state index in [1.807, 2.05) is 30.3 Å². The number of aliphatic hydroxyl groups excluding tert-OH is 2. The lowest BCUT2D eigenvalue weighted by Gasteiger charge is -2.13. The molecule has 0 heterocycles. The first kappa shape index (κ1) is 11.2. The molecule has 1 rings (SSSR count). The molecule has 1 atom stereocenters. The summed E-state index contributed by atoms with van der Waals surface area (Å²) < 4.78 is 0. The van der Waals surface area contributed by atoms with E-state index in [0.29, 0.717) is 0 Å². The summed E-state index contributed by atoms with van der Waals surface area (Å²) in [5.74, 6) is 0.225. The summed E-state index contributed by atoms with van der Waals surface area (Å²) in [7, 11) is 0. The lowest BCUT2D eigenvalue weighted by Crippen LogP contribution is -2.04. The molecule has 2 nitrogen and oxygen atoms in total. The number of hydrogen-bond donors (Lipinski definition) is 2. The van der Waals surface area contributed by atoms with Gasteiger partial charge in [0, 0.05) is 19.1 Å². The third kappa shape index (κ3) is 3.48. The molecule has 0 aliphatic carbocycles. The van der Waals surface area contributed by atoms with E-state index in [1.165, 1.54) is 5.56 Å². The zero-order valence-corrected chi connectivity index (χ0v) is 8.39. The average molecular weight is 194 g/mol. The molecule has 78 valence electrons. The largest absolute Gasteiger partial charge is 0.396 e. The fourth-order valence-electron chi connectivity index (χ4n) is 1.59. The summed E-state index contributed by atoms with van der Waals surface area (Å²) in [5.41, 5.74) is 1.19. The number of rotatable bonds is 6. The van der Waals surface area contributed by atoms with Crippen LogP contribution in [-0.2, 0) is 0 Å². The third-order valence-corrected chi connectivity index (χ3v) is 2.45. The number of aliphatic hydroxyl groups is 2. The second kappa shape index (κ2) is 6.57. The Kier molecular flexibility index (Phi) is 5.27. The van der Waals surface area contributed by atoms with Crippen molar-refractivity contribution in [1.82, 2.24) is 0 Å². The van der Waals surface area contributed by atoms with Crippen LogP contribution in [0.15, 0.2) is 30.3 Å². The predicted molar refractivity (Wildman–Crippen MR) is 57.2 cm³/mol. The van der Waals surface area contributed by atoms with E-state index in [-0.39, 0.29) is 19.1 Å². The molecule has 0 amide bonds. The lowest BCUT2D eigenvalue weighted by atomic mass is 9.94. The number of hydrogen-bond acceptors (Lipinski definition) is 2. The molecule has 14 heavy (non-hydrogen) atoms. The first-order chi connectivity index (χ1) is 6.88. The van der Waals surface area contributed by atoms with Gasteiger partial charge in [0.2, 0.25) is 0 Å². The number of benzene rings is 1. The second-order valence-corrected chi connectivity index (χ2v) is 3.51. The predicted octanol–water partition coefficient (Wildman–Crippen LogP) is 1.93. The van der Waals surface area contributed by atoms with Gasteiger partial charge in [0.05, 0.1) is 0 Å². The quantitative estimate of drug-likeness (QED) is 0.679. The highest BCUT2D eigenvalue weighted by Gasteiger charge is 2.08. The zero-order valence-electron chi connectivity index (χ0n) is 8.39. The SMILES string of the molecule is OCCCC[C@@H](CO)c1ccccc1. The second-order valence-electron chi connectivity index (χ2n) is 3.51. The van der Waals surface area contributed by atoms with Crippen LogP contribution < -0.4 is 0 Å². The third-order valence-electron chi connectivity index (χ3n) is 2.45.